The van der Waals surface area contributed by atoms with Crippen molar-refractivity contribution in [2.45, 2.75) is 30.7 Å². The first-order valence-electron chi connectivity index (χ1n) is 6.54. The second-order valence-corrected chi connectivity index (χ2v) is 6.61. The first-order valence-corrected chi connectivity index (χ1v) is 7.95. The topological polar surface area (TPSA) is 61.2 Å². The Morgan fingerprint density at radius 1 is 1.35 bits per heavy atom. The standard InChI is InChI=1S/C14H16N2O3S/c1-11-2-5-13(6-3-11)20(17,18)19-10-12-4-7-14-15-8-9-16(12)14/h2-3,5-6,8-9,12H,4,7,10H2,1H3/t12-/m0/s1. The summed E-state index contributed by atoms with van der Waals surface area (Å²) in [4.78, 5) is 4.42. The molecule has 1 aromatic heterocycles. The number of imidazole rings is 1. The van der Waals surface area contributed by atoms with Gasteiger partial charge < -0.3 is 4.57 Å². The molecule has 1 aliphatic rings. The number of benzene rings is 1. The lowest BCUT2D eigenvalue weighted by atomic mass is 10.2. The van der Waals surface area contributed by atoms with Crippen LogP contribution in [-0.4, -0.2) is 24.6 Å². The second kappa shape index (κ2) is 5.03. The van der Waals surface area contributed by atoms with E-state index in [9.17, 15) is 8.42 Å². The molecule has 0 radical (unpaired) electrons. The molecule has 0 spiro atoms. The molecular formula is C14H16N2O3S. The van der Waals surface area contributed by atoms with Crippen LogP contribution in [-0.2, 0) is 20.7 Å². The van der Waals surface area contributed by atoms with E-state index >= 15 is 0 Å². The van der Waals surface area contributed by atoms with E-state index < -0.39 is 10.1 Å². The molecule has 0 saturated carbocycles. The molecule has 0 saturated heterocycles. The molecule has 20 heavy (non-hydrogen) atoms. The Morgan fingerprint density at radius 3 is 2.85 bits per heavy atom. The van der Waals surface area contributed by atoms with Crippen molar-refractivity contribution in [3.63, 3.8) is 0 Å². The van der Waals surface area contributed by atoms with Crippen molar-refractivity contribution in [2.24, 2.45) is 0 Å². The van der Waals surface area contributed by atoms with Gasteiger partial charge in [0.2, 0.25) is 0 Å². The van der Waals surface area contributed by atoms with Crippen molar-refractivity contribution in [3.8, 4) is 0 Å². The lowest BCUT2D eigenvalue weighted by Crippen LogP contribution is -2.15. The van der Waals surface area contributed by atoms with Crippen molar-refractivity contribution >= 4 is 10.1 Å². The summed E-state index contributed by atoms with van der Waals surface area (Å²) in [5, 5.41) is 0. The molecular weight excluding hydrogens is 276 g/mol. The van der Waals surface area contributed by atoms with Gasteiger partial charge in [-0.2, -0.15) is 8.42 Å². The Morgan fingerprint density at radius 2 is 2.10 bits per heavy atom. The zero-order valence-corrected chi connectivity index (χ0v) is 12.0. The summed E-state index contributed by atoms with van der Waals surface area (Å²) in [5.41, 5.74) is 1.02. The van der Waals surface area contributed by atoms with Crippen LogP contribution in [0.4, 0.5) is 0 Å². The number of aryl methyl sites for hydroxylation is 2. The van der Waals surface area contributed by atoms with Gasteiger partial charge in [0.25, 0.3) is 10.1 Å². The Bertz CT molecular complexity index is 704. The zero-order valence-electron chi connectivity index (χ0n) is 11.2. The van der Waals surface area contributed by atoms with Gasteiger partial charge in [0, 0.05) is 18.8 Å². The van der Waals surface area contributed by atoms with Crippen molar-refractivity contribution in [1.29, 1.82) is 0 Å². The predicted molar refractivity (Wildman–Crippen MR) is 73.9 cm³/mol. The Balaban J connectivity index is 1.71. The third kappa shape index (κ3) is 2.48. The molecule has 1 aliphatic heterocycles. The third-order valence-corrected chi connectivity index (χ3v) is 4.86. The van der Waals surface area contributed by atoms with Crippen LogP contribution in [0.5, 0.6) is 0 Å². The van der Waals surface area contributed by atoms with Gasteiger partial charge in [-0.15, -0.1) is 0 Å². The lowest BCUT2D eigenvalue weighted by molar-refractivity contribution is 0.259. The summed E-state index contributed by atoms with van der Waals surface area (Å²) in [5.74, 6) is 0.992. The molecule has 2 heterocycles. The molecule has 6 heteroatoms. The monoisotopic (exact) mass is 292 g/mol. The third-order valence-electron chi connectivity index (χ3n) is 3.57. The number of nitrogens with zero attached hydrogens (tertiary/aromatic N) is 2. The van der Waals surface area contributed by atoms with E-state index in [0.29, 0.717) is 0 Å². The van der Waals surface area contributed by atoms with Gasteiger partial charge in [-0.3, -0.25) is 4.18 Å². The summed E-state index contributed by atoms with van der Waals surface area (Å²) in [6.45, 7) is 2.07. The van der Waals surface area contributed by atoms with Gasteiger partial charge in [0.1, 0.15) is 5.82 Å². The van der Waals surface area contributed by atoms with E-state index in [4.69, 9.17) is 4.18 Å². The van der Waals surface area contributed by atoms with E-state index in [0.717, 1.165) is 24.2 Å². The highest BCUT2D eigenvalue weighted by molar-refractivity contribution is 7.86. The summed E-state index contributed by atoms with van der Waals surface area (Å²) in [6.07, 6.45) is 5.34. The van der Waals surface area contributed by atoms with Crippen LogP contribution in [0, 0.1) is 6.92 Å². The minimum absolute atomic E-state index is 0.0488. The first kappa shape index (κ1) is 13.3. The molecule has 5 nitrogen and oxygen atoms in total. The molecule has 0 unspecified atom stereocenters. The van der Waals surface area contributed by atoms with Gasteiger partial charge >= 0.3 is 0 Å². The zero-order chi connectivity index (χ0) is 14.2. The Kier molecular flexibility index (Phi) is 3.35. The van der Waals surface area contributed by atoms with Crippen molar-refractivity contribution < 1.29 is 12.6 Å². The smallest absolute Gasteiger partial charge is 0.297 e. The second-order valence-electron chi connectivity index (χ2n) is 4.99. The van der Waals surface area contributed by atoms with Crippen LogP contribution in [0.15, 0.2) is 41.6 Å². The highest BCUT2D eigenvalue weighted by Gasteiger charge is 2.25. The van der Waals surface area contributed by atoms with Crippen LogP contribution in [0.3, 0.4) is 0 Å². The molecule has 0 aliphatic carbocycles. The fourth-order valence-corrected chi connectivity index (χ4v) is 3.35. The quantitative estimate of drug-likeness (QED) is 0.810. The summed E-state index contributed by atoms with van der Waals surface area (Å²) < 4.78 is 31.4. The fourth-order valence-electron chi connectivity index (χ4n) is 2.41. The molecule has 1 atom stereocenters. The summed E-state index contributed by atoms with van der Waals surface area (Å²) >= 11 is 0. The van der Waals surface area contributed by atoms with E-state index in [2.05, 4.69) is 4.98 Å². The van der Waals surface area contributed by atoms with E-state index in [1.165, 1.54) is 0 Å². The van der Waals surface area contributed by atoms with E-state index in [1.807, 2.05) is 17.7 Å². The highest BCUT2D eigenvalue weighted by atomic mass is 32.2. The first-order chi connectivity index (χ1) is 9.56. The molecule has 106 valence electrons. The van der Waals surface area contributed by atoms with E-state index in [-0.39, 0.29) is 17.5 Å². The van der Waals surface area contributed by atoms with Gasteiger partial charge in [-0.1, -0.05) is 17.7 Å². The van der Waals surface area contributed by atoms with Crippen molar-refractivity contribution in [2.75, 3.05) is 6.61 Å². The minimum atomic E-state index is -3.68. The lowest BCUT2D eigenvalue weighted by Gasteiger charge is -2.13. The Labute approximate surface area is 118 Å². The number of rotatable bonds is 4. The average molecular weight is 292 g/mol. The highest BCUT2D eigenvalue weighted by Crippen LogP contribution is 2.26. The molecule has 3 rings (SSSR count). The average Bonchev–Trinajstić information content (AvgIpc) is 3.00. The van der Waals surface area contributed by atoms with Gasteiger partial charge in [-0.05, 0) is 25.5 Å². The molecule has 0 fully saturated rings. The largest absolute Gasteiger partial charge is 0.329 e. The van der Waals surface area contributed by atoms with Crippen molar-refractivity contribution in [1.82, 2.24) is 9.55 Å². The summed E-state index contributed by atoms with van der Waals surface area (Å²) in [6, 6.07) is 6.72. The van der Waals surface area contributed by atoms with E-state index in [1.54, 1.807) is 30.5 Å². The maximum atomic E-state index is 12.1. The molecule has 0 amide bonds. The fraction of sp³-hybridized carbons (Fsp3) is 0.357. The van der Waals surface area contributed by atoms with Gasteiger partial charge in [-0.25, -0.2) is 4.98 Å². The molecule has 0 bridgehead atoms. The number of aromatic nitrogens is 2. The maximum Gasteiger partial charge on any atom is 0.297 e. The van der Waals surface area contributed by atoms with Crippen LogP contribution in [0.25, 0.3) is 0 Å². The minimum Gasteiger partial charge on any atom is -0.329 e. The molecule has 2 aromatic rings. The summed E-state index contributed by atoms with van der Waals surface area (Å²) in [7, 11) is -3.68. The maximum absolute atomic E-state index is 12.1. The number of hydrogen-bond donors (Lipinski definition) is 0. The molecule has 1 aromatic carbocycles. The SMILES string of the molecule is Cc1ccc(S(=O)(=O)OC[C@@H]2CCc3nccn32)cc1. The van der Waals surface area contributed by atoms with Gasteiger partial charge in [0.15, 0.2) is 0 Å². The van der Waals surface area contributed by atoms with Crippen LogP contribution < -0.4 is 0 Å². The normalized spacial score (nSPS) is 18.1. The van der Waals surface area contributed by atoms with Crippen LogP contribution >= 0.6 is 0 Å². The number of fused-ring (bicyclic) bond motifs is 1. The molecule has 0 N–H and O–H groups in total. The van der Waals surface area contributed by atoms with Crippen LogP contribution in [0.2, 0.25) is 0 Å². The van der Waals surface area contributed by atoms with Crippen LogP contribution in [0.1, 0.15) is 23.9 Å². The number of hydrogen-bond acceptors (Lipinski definition) is 4. The Hall–Kier alpha value is -1.66. The van der Waals surface area contributed by atoms with Crippen molar-refractivity contribution in [3.05, 3.63) is 48.0 Å². The van der Waals surface area contributed by atoms with Gasteiger partial charge in [0.05, 0.1) is 17.5 Å². The predicted octanol–water partition coefficient (Wildman–Crippen LogP) is 2.08.